The molecule has 2 fully saturated rings. The molecule has 0 radical (unpaired) electrons. The van der Waals surface area contributed by atoms with Crippen LogP contribution >= 0.6 is 0 Å². The van der Waals surface area contributed by atoms with Crippen LogP contribution < -0.4 is 0 Å². The molecule has 0 aromatic carbocycles. The van der Waals surface area contributed by atoms with Gasteiger partial charge < -0.3 is 9.64 Å². The maximum absolute atomic E-state index is 12.3. The van der Waals surface area contributed by atoms with Crippen molar-refractivity contribution in [3.05, 3.63) is 0 Å². The zero-order valence-corrected chi connectivity index (χ0v) is 11.8. The van der Waals surface area contributed by atoms with Gasteiger partial charge in [0, 0.05) is 6.54 Å². The van der Waals surface area contributed by atoms with Gasteiger partial charge in [0.05, 0.1) is 13.2 Å². The minimum absolute atomic E-state index is 0.0830. The molecule has 1 amide bonds. The van der Waals surface area contributed by atoms with Crippen molar-refractivity contribution < 1.29 is 14.3 Å². The summed E-state index contributed by atoms with van der Waals surface area (Å²) < 4.78 is 5.09. The van der Waals surface area contributed by atoms with E-state index in [1.165, 1.54) is 12.8 Å². The van der Waals surface area contributed by atoms with Crippen LogP contribution in [0.1, 0.15) is 39.0 Å². The lowest BCUT2D eigenvalue weighted by Crippen LogP contribution is -2.51. The Morgan fingerprint density at radius 1 is 1.11 bits per heavy atom. The van der Waals surface area contributed by atoms with Gasteiger partial charge in [-0.25, -0.2) is 4.79 Å². The van der Waals surface area contributed by atoms with Gasteiger partial charge in [0.1, 0.15) is 6.04 Å². The van der Waals surface area contributed by atoms with Gasteiger partial charge in [-0.3, -0.25) is 9.69 Å². The van der Waals surface area contributed by atoms with Gasteiger partial charge in [-0.15, -0.1) is 0 Å². The van der Waals surface area contributed by atoms with Gasteiger partial charge >= 0.3 is 5.97 Å². The lowest BCUT2D eigenvalue weighted by Gasteiger charge is -2.35. The Labute approximate surface area is 114 Å². The summed E-state index contributed by atoms with van der Waals surface area (Å²) in [6.07, 6.45) is 5.08. The molecule has 19 heavy (non-hydrogen) atoms. The first-order valence-electron chi connectivity index (χ1n) is 7.41. The number of rotatable bonds is 4. The van der Waals surface area contributed by atoms with Crippen molar-refractivity contribution in [1.29, 1.82) is 0 Å². The number of ether oxygens (including phenoxy) is 1. The smallest absolute Gasteiger partial charge is 0.328 e. The monoisotopic (exact) mass is 268 g/mol. The van der Waals surface area contributed by atoms with Crippen LogP contribution in [-0.4, -0.2) is 60.5 Å². The highest BCUT2D eigenvalue weighted by Gasteiger charge is 2.33. The second-order valence-electron chi connectivity index (χ2n) is 5.33. The zero-order chi connectivity index (χ0) is 13.7. The fourth-order valence-corrected chi connectivity index (χ4v) is 2.94. The average molecular weight is 268 g/mol. The maximum atomic E-state index is 12.3. The molecule has 5 nitrogen and oxygen atoms in total. The second-order valence-corrected chi connectivity index (χ2v) is 5.33. The molecule has 0 N–H and O–H groups in total. The number of amides is 1. The predicted molar refractivity (Wildman–Crippen MR) is 71.7 cm³/mol. The zero-order valence-electron chi connectivity index (χ0n) is 11.8. The van der Waals surface area contributed by atoms with Crippen LogP contribution in [-0.2, 0) is 14.3 Å². The van der Waals surface area contributed by atoms with Crippen LogP contribution in [0.25, 0.3) is 0 Å². The van der Waals surface area contributed by atoms with Gasteiger partial charge in [0.2, 0.25) is 5.91 Å². The van der Waals surface area contributed by atoms with E-state index in [0.717, 1.165) is 32.4 Å². The van der Waals surface area contributed by atoms with Crippen LogP contribution in [0.5, 0.6) is 0 Å². The first-order valence-corrected chi connectivity index (χ1v) is 7.41. The highest BCUT2D eigenvalue weighted by Crippen LogP contribution is 2.19. The van der Waals surface area contributed by atoms with E-state index >= 15 is 0 Å². The molecular formula is C14H24N2O3. The maximum Gasteiger partial charge on any atom is 0.328 e. The molecule has 5 heteroatoms. The molecule has 0 aliphatic carbocycles. The number of carbonyl (C=O) groups is 2. The molecule has 0 saturated carbocycles. The largest absolute Gasteiger partial charge is 0.464 e. The van der Waals surface area contributed by atoms with Crippen molar-refractivity contribution in [2.45, 2.75) is 45.1 Å². The molecule has 2 saturated heterocycles. The summed E-state index contributed by atoms with van der Waals surface area (Å²) in [7, 11) is 0. The molecular weight excluding hydrogens is 244 g/mol. The Kier molecular flexibility index (Phi) is 5.19. The van der Waals surface area contributed by atoms with Crippen molar-refractivity contribution in [2.75, 3.05) is 32.8 Å². The molecule has 0 bridgehead atoms. The number of carbonyl (C=O) groups excluding carboxylic acids is 2. The average Bonchev–Trinajstić information content (AvgIpc) is 2.92. The van der Waals surface area contributed by atoms with Crippen molar-refractivity contribution in [1.82, 2.24) is 9.80 Å². The minimum Gasteiger partial charge on any atom is -0.464 e. The fourth-order valence-electron chi connectivity index (χ4n) is 2.94. The number of hydrogen-bond donors (Lipinski definition) is 0. The topological polar surface area (TPSA) is 49.9 Å². The second kappa shape index (κ2) is 6.89. The molecule has 0 spiro atoms. The van der Waals surface area contributed by atoms with E-state index in [0.29, 0.717) is 19.7 Å². The molecule has 0 aromatic heterocycles. The molecule has 2 rings (SSSR count). The Morgan fingerprint density at radius 2 is 1.79 bits per heavy atom. The normalized spacial score (nSPS) is 24.5. The van der Waals surface area contributed by atoms with Crippen LogP contribution in [0.15, 0.2) is 0 Å². The summed E-state index contributed by atoms with van der Waals surface area (Å²) in [6.45, 7) is 5.33. The molecule has 0 aromatic rings. The van der Waals surface area contributed by atoms with Crippen molar-refractivity contribution >= 4 is 11.9 Å². The first kappa shape index (κ1) is 14.3. The summed E-state index contributed by atoms with van der Waals surface area (Å²) in [5.74, 6) is -0.156. The molecule has 1 unspecified atom stereocenters. The summed E-state index contributed by atoms with van der Waals surface area (Å²) in [6, 6.07) is -0.358. The van der Waals surface area contributed by atoms with Gasteiger partial charge in [-0.1, -0.05) is 0 Å². The van der Waals surface area contributed by atoms with Crippen LogP contribution in [0.2, 0.25) is 0 Å². The number of nitrogens with zero attached hydrogens (tertiary/aromatic N) is 2. The number of piperidine rings is 1. The molecule has 1 atom stereocenters. The van der Waals surface area contributed by atoms with Crippen LogP contribution in [0, 0.1) is 0 Å². The Morgan fingerprint density at radius 3 is 2.47 bits per heavy atom. The van der Waals surface area contributed by atoms with Crippen LogP contribution in [0.3, 0.4) is 0 Å². The van der Waals surface area contributed by atoms with Gasteiger partial charge in [0.15, 0.2) is 0 Å². The summed E-state index contributed by atoms with van der Waals surface area (Å²) in [5.41, 5.74) is 0. The Balaban J connectivity index is 1.93. The standard InChI is InChI=1S/C14H24N2O3/c1-2-19-14(18)12-7-3-4-10-16(12)13(17)11-15-8-5-6-9-15/h12H,2-11H2,1H3. The van der Waals surface area contributed by atoms with Crippen LogP contribution in [0.4, 0.5) is 0 Å². The summed E-state index contributed by atoms with van der Waals surface area (Å²) in [5, 5.41) is 0. The number of esters is 1. The lowest BCUT2D eigenvalue weighted by atomic mass is 10.0. The van der Waals surface area contributed by atoms with E-state index in [1.807, 2.05) is 0 Å². The predicted octanol–water partition coefficient (Wildman–Crippen LogP) is 1.03. The highest BCUT2D eigenvalue weighted by molar-refractivity contribution is 5.85. The van der Waals surface area contributed by atoms with E-state index in [4.69, 9.17) is 4.74 Å². The van der Waals surface area contributed by atoms with Crippen molar-refractivity contribution in [2.24, 2.45) is 0 Å². The quantitative estimate of drug-likeness (QED) is 0.715. The van der Waals surface area contributed by atoms with E-state index in [1.54, 1.807) is 11.8 Å². The first-order chi connectivity index (χ1) is 9.22. The van der Waals surface area contributed by atoms with E-state index in [-0.39, 0.29) is 17.9 Å². The van der Waals surface area contributed by atoms with E-state index in [2.05, 4.69) is 4.90 Å². The number of hydrogen-bond acceptors (Lipinski definition) is 4. The Hall–Kier alpha value is -1.10. The van der Waals surface area contributed by atoms with Gasteiger partial charge in [-0.2, -0.15) is 0 Å². The third-order valence-corrected chi connectivity index (χ3v) is 3.94. The minimum atomic E-state index is -0.358. The summed E-state index contributed by atoms with van der Waals surface area (Å²) >= 11 is 0. The SMILES string of the molecule is CCOC(=O)C1CCCCN1C(=O)CN1CCCC1. The Bertz CT molecular complexity index is 327. The van der Waals surface area contributed by atoms with Gasteiger partial charge in [0.25, 0.3) is 0 Å². The highest BCUT2D eigenvalue weighted by atomic mass is 16.5. The summed E-state index contributed by atoms with van der Waals surface area (Å²) in [4.78, 5) is 28.2. The van der Waals surface area contributed by atoms with Crippen molar-refractivity contribution in [3.8, 4) is 0 Å². The van der Waals surface area contributed by atoms with Crippen molar-refractivity contribution in [3.63, 3.8) is 0 Å². The molecule has 2 aliphatic rings. The third-order valence-electron chi connectivity index (χ3n) is 3.94. The van der Waals surface area contributed by atoms with Gasteiger partial charge in [-0.05, 0) is 52.1 Å². The number of likely N-dealkylation sites (tertiary alicyclic amines) is 2. The molecule has 108 valence electrons. The fraction of sp³-hybridized carbons (Fsp3) is 0.857. The molecule has 2 heterocycles. The third kappa shape index (κ3) is 3.69. The van der Waals surface area contributed by atoms with E-state index in [9.17, 15) is 9.59 Å². The van der Waals surface area contributed by atoms with E-state index < -0.39 is 0 Å². The lowest BCUT2D eigenvalue weighted by molar-refractivity contribution is -0.156. The molecule has 2 aliphatic heterocycles.